The maximum atomic E-state index is 5.58. The molecule has 1 fully saturated rings. The third-order valence-electron chi connectivity index (χ3n) is 3.39. The van der Waals surface area contributed by atoms with Gasteiger partial charge in [-0.3, -0.25) is 4.99 Å². The summed E-state index contributed by atoms with van der Waals surface area (Å²) in [7, 11) is 0.503. The second kappa shape index (κ2) is 7.20. The van der Waals surface area contributed by atoms with Crippen molar-refractivity contribution in [3.8, 4) is 0 Å². The maximum absolute atomic E-state index is 5.58. The van der Waals surface area contributed by atoms with E-state index in [-0.39, 0.29) is 6.67 Å². The van der Waals surface area contributed by atoms with Gasteiger partial charge in [-0.25, -0.2) is 4.75 Å². The minimum absolute atomic E-state index is 0.287. The Morgan fingerprint density at radius 3 is 3.09 bits per heavy atom. The van der Waals surface area contributed by atoms with Crippen molar-refractivity contribution in [2.24, 2.45) is 16.5 Å². The van der Waals surface area contributed by atoms with Crippen molar-refractivity contribution in [1.29, 1.82) is 0 Å². The van der Waals surface area contributed by atoms with Crippen LogP contribution in [-0.4, -0.2) is 30.2 Å². The van der Waals surface area contributed by atoms with Crippen molar-refractivity contribution in [2.75, 3.05) is 18.5 Å². The van der Waals surface area contributed by atoms with Crippen LogP contribution in [0.25, 0.3) is 15.9 Å². The molecule has 2 aromatic heterocycles. The molecule has 0 aromatic carbocycles. The smallest absolute Gasteiger partial charge is 0.148 e. The molecule has 1 aliphatic rings. The third kappa shape index (κ3) is 3.65. The van der Waals surface area contributed by atoms with E-state index in [0.29, 0.717) is 20.9 Å². The summed E-state index contributed by atoms with van der Waals surface area (Å²) in [5, 5.41) is 7.05. The SMILES string of the molecule is NC/C=C(C=NCN)/C=C/c1csc2c(NC3CC3)n[pH]c12. The Kier molecular flexibility index (Phi) is 5.05. The highest BCUT2D eigenvalue weighted by molar-refractivity contribution is 7.37. The molecule has 0 aliphatic heterocycles. The molecule has 116 valence electrons. The van der Waals surface area contributed by atoms with Crippen LogP contribution in [0, 0.1) is 0 Å². The van der Waals surface area contributed by atoms with Gasteiger partial charge in [0.05, 0.1) is 11.4 Å². The van der Waals surface area contributed by atoms with Crippen molar-refractivity contribution < 1.29 is 0 Å². The van der Waals surface area contributed by atoms with E-state index in [1.54, 1.807) is 17.6 Å². The van der Waals surface area contributed by atoms with Crippen LogP contribution in [0.15, 0.2) is 28.1 Å². The van der Waals surface area contributed by atoms with E-state index >= 15 is 0 Å². The van der Waals surface area contributed by atoms with Gasteiger partial charge in [0.15, 0.2) is 0 Å². The van der Waals surface area contributed by atoms with Crippen LogP contribution in [-0.2, 0) is 0 Å². The number of allylic oxidation sites excluding steroid dienone is 2. The zero-order valence-corrected chi connectivity index (χ0v) is 14.1. The van der Waals surface area contributed by atoms with Crippen molar-refractivity contribution in [2.45, 2.75) is 18.9 Å². The minimum atomic E-state index is 0.287. The van der Waals surface area contributed by atoms with Gasteiger partial charge in [0, 0.05) is 23.9 Å². The van der Waals surface area contributed by atoms with Crippen LogP contribution in [0.3, 0.4) is 0 Å². The monoisotopic (exact) mass is 333 g/mol. The van der Waals surface area contributed by atoms with Gasteiger partial charge in [-0.15, -0.1) is 11.3 Å². The second-order valence-corrected chi connectivity index (χ2v) is 6.98. The first kappa shape index (κ1) is 15.4. The molecule has 1 unspecified atom stereocenters. The van der Waals surface area contributed by atoms with E-state index in [4.69, 9.17) is 11.5 Å². The van der Waals surface area contributed by atoms with Crippen molar-refractivity contribution >= 4 is 47.6 Å². The molecule has 1 saturated carbocycles. The van der Waals surface area contributed by atoms with Crippen LogP contribution < -0.4 is 16.8 Å². The van der Waals surface area contributed by atoms with E-state index in [1.165, 1.54) is 28.2 Å². The number of fused-ring (bicyclic) bond motifs is 1. The fourth-order valence-electron chi connectivity index (χ4n) is 2.11. The van der Waals surface area contributed by atoms with Crippen LogP contribution in [0.5, 0.6) is 0 Å². The largest absolute Gasteiger partial charge is 0.366 e. The Morgan fingerprint density at radius 2 is 2.36 bits per heavy atom. The van der Waals surface area contributed by atoms with Crippen LogP contribution >= 0.6 is 19.7 Å². The molecular weight excluding hydrogens is 313 g/mol. The quantitative estimate of drug-likeness (QED) is 0.537. The molecular formula is C15H20N5PS. The zero-order chi connectivity index (χ0) is 15.4. The lowest BCUT2D eigenvalue weighted by atomic mass is 10.2. The highest BCUT2D eigenvalue weighted by atomic mass is 32.1. The number of hydrogen-bond donors (Lipinski definition) is 3. The number of nitrogens with two attached hydrogens (primary N) is 2. The van der Waals surface area contributed by atoms with Crippen LogP contribution in [0.2, 0.25) is 0 Å². The Morgan fingerprint density at radius 1 is 1.50 bits per heavy atom. The summed E-state index contributed by atoms with van der Waals surface area (Å²) in [6, 6.07) is 0.641. The Hall–Kier alpha value is -1.46. The number of thiophene rings is 1. The molecule has 3 rings (SSSR count). The molecule has 1 aliphatic carbocycles. The number of nitrogens with zero attached hydrogens (tertiary/aromatic N) is 2. The average molecular weight is 333 g/mol. The molecule has 2 aromatic rings. The highest BCUT2D eigenvalue weighted by Crippen LogP contribution is 2.40. The van der Waals surface area contributed by atoms with Gasteiger partial charge in [-0.1, -0.05) is 18.2 Å². The van der Waals surface area contributed by atoms with Crippen LogP contribution in [0.1, 0.15) is 18.4 Å². The van der Waals surface area contributed by atoms with Gasteiger partial charge in [0.2, 0.25) is 0 Å². The summed E-state index contributed by atoms with van der Waals surface area (Å²) in [5.74, 6) is 1.09. The zero-order valence-electron chi connectivity index (χ0n) is 12.2. The fourth-order valence-corrected chi connectivity index (χ4v) is 4.41. The molecule has 5 N–H and O–H groups in total. The standard InChI is InChI=1S/C15H20N5PS/c16-6-5-10(7-18-9-17)1-2-11-8-22-14-13(11)21-20-15(14)19-12-3-4-12/h1-2,5,7-8,12,21H,3-4,6,9,16-17H2,(H,19,20)/b2-1+,10-5-,18-7?. The van der Waals surface area contributed by atoms with Gasteiger partial charge < -0.3 is 16.8 Å². The van der Waals surface area contributed by atoms with E-state index in [2.05, 4.69) is 26.5 Å². The minimum Gasteiger partial charge on any atom is -0.366 e. The fraction of sp³-hybridized carbons (Fsp3) is 0.333. The molecule has 22 heavy (non-hydrogen) atoms. The molecule has 5 nitrogen and oxygen atoms in total. The molecule has 7 heteroatoms. The molecule has 1 atom stereocenters. The predicted octanol–water partition coefficient (Wildman–Crippen LogP) is 2.79. The summed E-state index contributed by atoms with van der Waals surface area (Å²) >= 11 is 1.76. The molecule has 0 amide bonds. The van der Waals surface area contributed by atoms with Gasteiger partial charge in [0.1, 0.15) is 5.82 Å². The summed E-state index contributed by atoms with van der Waals surface area (Å²) in [5.41, 5.74) is 13.2. The Labute approximate surface area is 135 Å². The number of aliphatic imine (C=N–C) groups is 1. The number of aromatic nitrogens is 1. The summed E-state index contributed by atoms with van der Waals surface area (Å²) in [6.07, 6.45) is 10.4. The van der Waals surface area contributed by atoms with E-state index in [1.807, 2.05) is 12.2 Å². The predicted molar refractivity (Wildman–Crippen MR) is 99.5 cm³/mol. The van der Waals surface area contributed by atoms with Crippen molar-refractivity contribution in [3.05, 3.63) is 28.7 Å². The summed E-state index contributed by atoms with van der Waals surface area (Å²) in [4.78, 5) is 4.06. The third-order valence-corrected chi connectivity index (χ3v) is 5.67. The molecule has 0 bridgehead atoms. The number of anilines is 1. The topological polar surface area (TPSA) is 89.3 Å². The highest BCUT2D eigenvalue weighted by Gasteiger charge is 2.23. The molecule has 2 heterocycles. The van der Waals surface area contributed by atoms with Gasteiger partial charge in [-0.05, 0) is 37.7 Å². The Balaban J connectivity index is 1.80. The van der Waals surface area contributed by atoms with Gasteiger partial charge >= 0.3 is 0 Å². The molecule has 0 radical (unpaired) electrons. The first-order valence-electron chi connectivity index (χ1n) is 7.32. The lowest BCUT2D eigenvalue weighted by Gasteiger charge is -1.97. The van der Waals surface area contributed by atoms with Crippen LogP contribution in [0.4, 0.5) is 5.82 Å². The normalized spacial score (nSPS) is 16.7. The first-order chi connectivity index (χ1) is 10.8. The van der Waals surface area contributed by atoms with Crippen molar-refractivity contribution in [1.82, 2.24) is 4.75 Å². The van der Waals surface area contributed by atoms with Gasteiger partial charge in [0.25, 0.3) is 0 Å². The van der Waals surface area contributed by atoms with Gasteiger partial charge in [-0.2, -0.15) is 0 Å². The van der Waals surface area contributed by atoms with E-state index in [9.17, 15) is 0 Å². The van der Waals surface area contributed by atoms with Crippen molar-refractivity contribution in [3.63, 3.8) is 0 Å². The number of nitrogens with one attached hydrogen (secondary N) is 1. The number of rotatable bonds is 7. The number of hydrogen-bond acceptors (Lipinski definition) is 6. The molecule has 0 spiro atoms. The maximum Gasteiger partial charge on any atom is 0.148 e. The first-order valence-corrected chi connectivity index (χ1v) is 9.14. The molecule has 0 saturated heterocycles. The van der Waals surface area contributed by atoms with E-state index in [0.717, 1.165) is 11.4 Å². The average Bonchev–Trinajstić information content (AvgIpc) is 3.11. The lowest BCUT2D eigenvalue weighted by molar-refractivity contribution is 1.08. The Bertz CT molecular complexity index is 723. The summed E-state index contributed by atoms with van der Waals surface area (Å²) < 4.78 is 5.95. The lowest BCUT2D eigenvalue weighted by Crippen LogP contribution is -2.00. The second-order valence-electron chi connectivity index (χ2n) is 5.15. The van der Waals surface area contributed by atoms with E-state index < -0.39 is 0 Å². The summed E-state index contributed by atoms with van der Waals surface area (Å²) in [6.45, 7) is 0.771.